The van der Waals surface area contributed by atoms with E-state index >= 15 is 0 Å². The van der Waals surface area contributed by atoms with Gasteiger partial charge in [0.25, 0.3) is 5.91 Å². The van der Waals surface area contributed by atoms with E-state index in [1.54, 1.807) is 45.0 Å². The average molecular weight is 739 g/mol. The molecule has 14 heteroatoms. The molecule has 2 fully saturated rings. The standard InChI is InChI=1S/C39H58N6O8/c1-6-28-8-7-9-30(22-28)31-24-33(43-34(46)27-45(38(49)53-39(2,3)4)26-29-12-16-44(5)35(47)23-29)36(42-25-31)37(48)41-15-17-50-18-19-51-20-21-52-32-10-13-40-14-11-32/h7-9,22,24-25,29,32,40H,6,10-21,23,26-27H2,1-5H3,(H,41,48)(H,43,46). The first-order valence-electron chi connectivity index (χ1n) is 18.8. The fraction of sp³-hybridized carbons (Fsp3) is 0.615. The van der Waals surface area contributed by atoms with Crippen LogP contribution in [0.1, 0.15) is 69.4 Å². The topological polar surface area (TPSA) is 161 Å². The van der Waals surface area contributed by atoms with Crippen molar-refractivity contribution in [3.63, 3.8) is 0 Å². The summed E-state index contributed by atoms with van der Waals surface area (Å²) in [5.41, 5.74) is 2.16. The second-order valence-electron chi connectivity index (χ2n) is 14.6. The van der Waals surface area contributed by atoms with Crippen LogP contribution in [-0.2, 0) is 35.0 Å². The molecule has 4 rings (SSSR count). The predicted molar refractivity (Wildman–Crippen MR) is 202 cm³/mol. The predicted octanol–water partition coefficient (Wildman–Crippen LogP) is 3.89. The first-order valence-corrected chi connectivity index (χ1v) is 18.8. The van der Waals surface area contributed by atoms with Gasteiger partial charge in [0.05, 0.1) is 44.8 Å². The molecule has 292 valence electrons. The molecule has 14 nitrogen and oxygen atoms in total. The minimum Gasteiger partial charge on any atom is -0.444 e. The van der Waals surface area contributed by atoms with Crippen LogP contribution in [0.15, 0.2) is 36.5 Å². The highest BCUT2D eigenvalue weighted by Crippen LogP contribution is 2.26. The van der Waals surface area contributed by atoms with Crippen molar-refractivity contribution in [2.45, 2.75) is 71.5 Å². The monoisotopic (exact) mass is 738 g/mol. The molecular weight excluding hydrogens is 680 g/mol. The van der Waals surface area contributed by atoms with Crippen molar-refractivity contribution in [3.8, 4) is 11.1 Å². The maximum atomic E-state index is 13.6. The van der Waals surface area contributed by atoms with Crippen molar-refractivity contribution in [3.05, 3.63) is 47.8 Å². The molecule has 0 spiro atoms. The molecule has 4 amide bonds. The number of nitrogens with zero attached hydrogens (tertiary/aromatic N) is 3. The van der Waals surface area contributed by atoms with Crippen LogP contribution in [0.4, 0.5) is 10.5 Å². The molecule has 1 aromatic heterocycles. The van der Waals surface area contributed by atoms with Gasteiger partial charge in [-0.1, -0.05) is 31.2 Å². The van der Waals surface area contributed by atoms with Crippen LogP contribution in [0.5, 0.6) is 0 Å². The molecular formula is C39H58N6O8. The largest absolute Gasteiger partial charge is 0.444 e. The Morgan fingerprint density at radius 3 is 2.45 bits per heavy atom. The van der Waals surface area contributed by atoms with Crippen LogP contribution in [-0.4, -0.2) is 130 Å². The number of carbonyl (C=O) groups is 4. The number of nitrogens with one attached hydrogen (secondary N) is 3. The van der Waals surface area contributed by atoms with Gasteiger partial charge in [-0.3, -0.25) is 19.3 Å². The molecule has 0 bridgehead atoms. The number of pyridine rings is 1. The summed E-state index contributed by atoms with van der Waals surface area (Å²) >= 11 is 0. The number of carbonyl (C=O) groups excluding carboxylic acids is 4. The van der Waals surface area contributed by atoms with Gasteiger partial charge in [0.15, 0.2) is 5.69 Å². The van der Waals surface area contributed by atoms with Crippen molar-refractivity contribution < 1.29 is 38.1 Å². The van der Waals surface area contributed by atoms with E-state index in [9.17, 15) is 19.2 Å². The van der Waals surface area contributed by atoms with E-state index in [2.05, 4.69) is 27.9 Å². The smallest absolute Gasteiger partial charge is 0.410 e. The van der Waals surface area contributed by atoms with E-state index in [0.717, 1.165) is 43.5 Å². The molecule has 1 unspecified atom stereocenters. The van der Waals surface area contributed by atoms with Crippen LogP contribution < -0.4 is 16.0 Å². The van der Waals surface area contributed by atoms with Crippen molar-refractivity contribution in [1.29, 1.82) is 0 Å². The van der Waals surface area contributed by atoms with Gasteiger partial charge < -0.3 is 39.8 Å². The lowest BCUT2D eigenvalue weighted by molar-refractivity contribution is -0.133. The number of aryl methyl sites for hydroxylation is 1. The molecule has 2 aliphatic heterocycles. The summed E-state index contributed by atoms with van der Waals surface area (Å²) in [5.74, 6) is -1.15. The van der Waals surface area contributed by atoms with Gasteiger partial charge in [0, 0.05) is 44.9 Å². The number of ether oxygens (including phenoxy) is 4. The molecule has 2 saturated heterocycles. The summed E-state index contributed by atoms with van der Waals surface area (Å²) in [6.07, 6.45) is 5.09. The zero-order chi connectivity index (χ0) is 38.2. The summed E-state index contributed by atoms with van der Waals surface area (Å²) < 4.78 is 22.7. The maximum Gasteiger partial charge on any atom is 0.410 e. The molecule has 0 aliphatic carbocycles. The summed E-state index contributed by atoms with van der Waals surface area (Å²) in [5, 5.41) is 8.98. The molecule has 0 radical (unpaired) electrons. The zero-order valence-electron chi connectivity index (χ0n) is 32.0. The highest BCUT2D eigenvalue weighted by atomic mass is 16.6. The normalized spacial score (nSPS) is 16.7. The minimum absolute atomic E-state index is 0.00677. The van der Waals surface area contributed by atoms with Gasteiger partial charge in [-0.15, -0.1) is 0 Å². The van der Waals surface area contributed by atoms with Crippen molar-refractivity contribution in [2.24, 2.45) is 5.92 Å². The van der Waals surface area contributed by atoms with Gasteiger partial charge in [0.1, 0.15) is 12.1 Å². The van der Waals surface area contributed by atoms with E-state index in [0.29, 0.717) is 51.1 Å². The second-order valence-corrected chi connectivity index (χ2v) is 14.6. The quantitative estimate of drug-likeness (QED) is 0.192. The number of piperidine rings is 2. The Bertz CT molecular complexity index is 1510. The van der Waals surface area contributed by atoms with Gasteiger partial charge in [-0.2, -0.15) is 0 Å². The summed E-state index contributed by atoms with van der Waals surface area (Å²) in [6.45, 7) is 12.0. The van der Waals surface area contributed by atoms with E-state index < -0.39 is 23.5 Å². The molecule has 1 atom stereocenters. The highest BCUT2D eigenvalue weighted by molar-refractivity contribution is 6.03. The molecule has 3 heterocycles. The Morgan fingerprint density at radius 2 is 1.74 bits per heavy atom. The molecule has 2 aliphatic rings. The number of benzene rings is 1. The lowest BCUT2D eigenvalue weighted by Crippen LogP contribution is -2.46. The van der Waals surface area contributed by atoms with Crippen LogP contribution in [0.2, 0.25) is 0 Å². The Hall–Kier alpha value is -4.11. The van der Waals surface area contributed by atoms with Crippen molar-refractivity contribution in [2.75, 3.05) is 84.7 Å². The highest BCUT2D eigenvalue weighted by Gasteiger charge is 2.30. The SMILES string of the molecule is CCc1cccc(-c2cnc(C(=O)NCCOCCOCCOC3CCNCC3)c(NC(=O)CN(CC3CCN(C)C(=O)C3)C(=O)OC(C)(C)C)c2)c1. The van der Waals surface area contributed by atoms with Crippen LogP contribution in [0.3, 0.4) is 0 Å². The molecule has 53 heavy (non-hydrogen) atoms. The van der Waals surface area contributed by atoms with Crippen LogP contribution in [0, 0.1) is 5.92 Å². The van der Waals surface area contributed by atoms with Crippen LogP contribution >= 0.6 is 0 Å². The van der Waals surface area contributed by atoms with Gasteiger partial charge in [0.2, 0.25) is 11.8 Å². The number of aromatic nitrogens is 1. The third-order valence-electron chi connectivity index (χ3n) is 9.04. The van der Waals surface area contributed by atoms with Crippen molar-refractivity contribution >= 4 is 29.5 Å². The van der Waals surface area contributed by atoms with E-state index in [1.807, 2.05) is 24.3 Å². The summed E-state index contributed by atoms with van der Waals surface area (Å²) in [4.78, 5) is 60.2. The third-order valence-corrected chi connectivity index (χ3v) is 9.04. The number of amides is 4. The summed E-state index contributed by atoms with van der Waals surface area (Å²) in [6, 6.07) is 9.68. The Labute approximate surface area is 313 Å². The number of hydrogen-bond acceptors (Lipinski definition) is 10. The average Bonchev–Trinajstić information content (AvgIpc) is 3.13. The fourth-order valence-electron chi connectivity index (χ4n) is 6.11. The zero-order valence-corrected chi connectivity index (χ0v) is 32.0. The Morgan fingerprint density at radius 1 is 1.00 bits per heavy atom. The Balaban J connectivity index is 1.37. The third kappa shape index (κ3) is 14.3. The van der Waals surface area contributed by atoms with E-state index in [4.69, 9.17) is 18.9 Å². The van der Waals surface area contributed by atoms with E-state index in [-0.39, 0.29) is 55.9 Å². The molecule has 3 N–H and O–H groups in total. The molecule has 0 saturated carbocycles. The molecule has 2 aromatic rings. The lowest BCUT2D eigenvalue weighted by atomic mass is 9.96. The minimum atomic E-state index is -0.789. The van der Waals surface area contributed by atoms with Crippen LogP contribution in [0.25, 0.3) is 11.1 Å². The summed E-state index contributed by atoms with van der Waals surface area (Å²) in [7, 11) is 1.75. The first kappa shape index (κ1) is 41.6. The van der Waals surface area contributed by atoms with Gasteiger partial charge in [-0.05, 0) is 82.7 Å². The first-order chi connectivity index (χ1) is 25.4. The number of likely N-dealkylation sites (tertiary alicyclic amines) is 1. The number of rotatable bonds is 18. The van der Waals surface area contributed by atoms with Crippen molar-refractivity contribution in [1.82, 2.24) is 25.4 Å². The number of hydrogen-bond donors (Lipinski definition) is 3. The number of anilines is 1. The fourth-order valence-corrected chi connectivity index (χ4v) is 6.11. The van der Waals surface area contributed by atoms with Gasteiger partial charge in [-0.25, -0.2) is 9.78 Å². The second kappa shape index (κ2) is 21.0. The lowest BCUT2D eigenvalue weighted by Gasteiger charge is -2.33. The molecule has 1 aromatic carbocycles. The van der Waals surface area contributed by atoms with Gasteiger partial charge >= 0.3 is 6.09 Å². The van der Waals surface area contributed by atoms with E-state index in [1.165, 1.54) is 4.90 Å². The Kier molecular flexibility index (Phi) is 16.5. The maximum absolute atomic E-state index is 13.6.